The van der Waals surface area contributed by atoms with Crippen LogP contribution >= 0.6 is 0 Å². The second-order valence-corrected chi connectivity index (χ2v) is 6.34. The van der Waals surface area contributed by atoms with E-state index in [4.69, 9.17) is 10.9 Å². The summed E-state index contributed by atoms with van der Waals surface area (Å²) in [5, 5.41) is 14.6. The fourth-order valence-corrected chi connectivity index (χ4v) is 3.02. The summed E-state index contributed by atoms with van der Waals surface area (Å²) in [5.74, 6) is 0.110. The van der Waals surface area contributed by atoms with Crippen molar-refractivity contribution in [3.63, 3.8) is 0 Å². The molecule has 0 spiro atoms. The molecule has 0 radical (unpaired) electrons. The average molecular weight is 289 g/mol. The molecule has 1 aliphatic carbocycles. The third-order valence-corrected chi connectivity index (χ3v) is 4.36. The summed E-state index contributed by atoms with van der Waals surface area (Å²) in [6.07, 6.45) is 4.30. The van der Waals surface area contributed by atoms with Crippen molar-refractivity contribution in [1.82, 2.24) is 0 Å². The van der Waals surface area contributed by atoms with E-state index >= 15 is 0 Å². The van der Waals surface area contributed by atoms with Crippen molar-refractivity contribution < 1.29 is 10.0 Å². The number of hydrogen-bond acceptors (Lipinski definition) is 3. The van der Waals surface area contributed by atoms with Gasteiger partial charge in [-0.05, 0) is 30.4 Å². The standard InChI is InChI=1S/C16H23N3O2/c1-16(2)9-4-3-8-13(16)15(20)18-12-7-5-6-11(10-12)14(17)19-21/h5-7,10,13,21H,3-4,8-9H2,1-2H3,(H2,17,19)(H,18,20). The molecular weight excluding hydrogens is 266 g/mol. The Labute approximate surface area is 125 Å². The first-order chi connectivity index (χ1) is 9.94. The van der Waals surface area contributed by atoms with Crippen LogP contribution in [-0.4, -0.2) is 17.0 Å². The number of nitrogens with two attached hydrogens (primary N) is 1. The van der Waals surface area contributed by atoms with E-state index in [1.807, 2.05) is 6.07 Å². The first kappa shape index (κ1) is 15.4. The first-order valence-electron chi connectivity index (χ1n) is 7.33. The largest absolute Gasteiger partial charge is 0.409 e. The number of rotatable bonds is 3. The van der Waals surface area contributed by atoms with Gasteiger partial charge in [-0.1, -0.05) is 44.0 Å². The highest BCUT2D eigenvalue weighted by atomic mass is 16.4. The summed E-state index contributed by atoms with van der Waals surface area (Å²) in [4.78, 5) is 12.5. The van der Waals surface area contributed by atoms with Gasteiger partial charge in [0.05, 0.1) is 0 Å². The molecule has 5 heteroatoms. The van der Waals surface area contributed by atoms with Gasteiger partial charge in [0.2, 0.25) is 5.91 Å². The quantitative estimate of drug-likeness (QED) is 0.346. The van der Waals surface area contributed by atoms with Gasteiger partial charge < -0.3 is 16.3 Å². The van der Waals surface area contributed by atoms with Crippen LogP contribution in [0.3, 0.4) is 0 Å². The Bertz CT molecular complexity index is 552. The number of anilines is 1. The fraction of sp³-hybridized carbons (Fsp3) is 0.500. The van der Waals surface area contributed by atoms with Crippen LogP contribution in [0.15, 0.2) is 29.4 Å². The molecule has 0 aliphatic heterocycles. The maximum absolute atomic E-state index is 12.5. The van der Waals surface area contributed by atoms with Crippen LogP contribution in [0.5, 0.6) is 0 Å². The van der Waals surface area contributed by atoms with Crippen molar-refractivity contribution in [2.75, 3.05) is 5.32 Å². The van der Waals surface area contributed by atoms with Crippen molar-refractivity contribution in [1.29, 1.82) is 0 Å². The highest BCUT2D eigenvalue weighted by Gasteiger charge is 2.37. The van der Waals surface area contributed by atoms with E-state index in [2.05, 4.69) is 24.3 Å². The van der Waals surface area contributed by atoms with Crippen molar-refractivity contribution in [3.05, 3.63) is 29.8 Å². The summed E-state index contributed by atoms with van der Waals surface area (Å²) in [5.41, 5.74) is 6.85. The van der Waals surface area contributed by atoms with Gasteiger partial charge in [0.15, 0.2) is 5.84 Å². The highest BCUT2D eigenvalue weighted by Crippen LogP contribution is 2.41. The van der Waals surface area contributed by atoms with E-state index in [1.54, 1.807) is 18.2 Å². The smallest absolute Gasteiger partial charge is 0.228 e. The van der Waals surface area contributed by atoms with Crippen LogP contribution in [0.2, 0.25) is 0 Å². The zero-order valence-electron chi connectivity index (χ0n) is 12.6. The predicted octanol–water partition coefficient (Wildman–Crippen LogP) is 2.94. The Kier molecular flexibility index (Phi) is 4.50. The van der Waals surface area contributed by atoms with Gasteiger partial charge in [-0.15, -0.1) is 0 Å². The molecule has 5 nitrogen and oxygen atoms in total. The Morgan fingerprint density at radius 1 is 1.43 bits per heavy atom. The van der Waals surface area contributed by atoms with Crippen LogP contribution in [0, 0.1) is 11.3 Å². The minimum atomic E-state index is 0.0266. The van der Waals surface area contributed by atoms with Crippen LogP contribution < -0.4 is 11.1 Å². The molecule has 1 fully saturated rings. The van der Waals surface area contributed by atoms with Crippen LogP contribution in [0.25, 0.3) is 0 Å². The molecule has 0 aromatic heterocycles. The summed E-state index contributed by atoms with van der Waals surface area (Å²) < 4.78 is 0. The fourth-order valence-electron chi connectivity index (χ4n) is 3.02. The number of carbonyl (C=O) groups is 1. The number of hydrogen-bond donors (Lipinski definition) is 3. The van der Waals surface area contributed by atoms with E-state index < -0.39 is 0 Å². The SMILES string of the molecule is CC1(C)CCCCC1C(=O)Nc1cccc(/C(N)=N/O)c1. The van der Waals surface area contributed by atoms with Crippen LogP contribution in [0.1, 0.15) is 45.1 Å². The summed E-state index contributed by atoms with van der Waals surface area (Å²) >= 11 is 0. The zero-order chi connectivity index (χ0) is 15.5. The number of benzene rings is 1. The van der Waals surface area contributed by atoms with Crippen molar-refractivity contribution >= 4 is 17.4 Å². The van der Waals surface area contributed by atoms with E-state index in [1.165, 1.54) is 6.42 Å². The topological polar surface area (TPSA) is 87.7 Å². The first-order valence-corrected chi connectivity index (χ1v) is 7.33. The average Bonchev–Trinajstić information content (AvgIpc) is 2.46. The van der Waals surface area contributed by atoms with Gasteiger partial charge in [0.1, 0.15) is 0 Å². The van der Waals surface area contributed by atoms with E-state index in [0.29, 0.717) is 11.3 Å². The lowest BCUT2D eigenvalue weighted by Gasteiger charge is -2.37. The minimum absolute atomic E-state index is 0.0266. The number of carbonyl (C=O) groups excluding carboxylic acids is 1. The predicted molar refractivity (Wildman–Crippen MR) is 83.3 cm³/mol. The third-order valence-electron chi connectivity index (χ3n) is 4.36. The molecule has 1 unspecified atom stereocenters. The molecule has 0 heterocycles. The lowest BCUT2D eigenvalue weighted by Crippen LogP contribution is -2.37. The van der Waals surface area contributed by atoms with E-state index in [9.17, 15) is 4.79 Å². The monoisotopic (exact) mass is 289 g/mol. The summed E-state index contributed by atoms with van der Waals surface area (Å²) in [6.45, 7) is 4.31. The Balaban J connectivity index is 2.12. The molecule has 1 atom stereocenters. The van der Waals surface area contributed by atoms with Gasteiger partial charge >= 0.3 is 0 Å². The molecule has 2 rings (SSSR count). The number of nitrogens with one attached hydrogen (secondary N) is 1. The second kappa shape index (κ2) is 6.16. The van der Waals surface area contributed by atoms with Gasteiger partial charge in [0.25, 0.3) is 0 Å². The Morgan fingerprint density at radius 2 is 2.19 bits per heavy atom. The lowest BCUT2D eigenvalue weighted by atomic mass is 9.68. The molecule has 21 heavy (non-hydrogen) atoms. The molecule has 0 bridgehead atoms. The number of amidine groups is 1. The van der Waals surface area contributed by atoms with E-state index in [0.717, 1.165) is 19.3 Å². The van der Waals surface area contributed by atoms with Gasteiger partial charge in [0, 0.05) is 17.2 Å². The molecule has 0 saturated heterocycles. The summed E-state index contributed by atoms with van der Waals surface area (Å²) in [7, 11) is 0. The number of amides is 1. The second-order valence-electron chi connectivity index (χ2n) is 6.34. The number of oxime groups is 1. The molecule has 114 valence electrons. The maximum Gasteiger partial charge on any atom is 0.228 e. The zero-order valence-corrected chi connectivity index (χ0v) is 12.6. The molecule has 1 aromatic rings. The summed E-state index contributed by atoms with van der Waals surface area (Å²) in [6, 6.07) is 7.02. The Morgan fingerprint density at radius 3 is 2.86 bits per heavy atom. The normalized spacial score (nSPS) is 21.8. The number of nitrogens with zero attached hydrogens (tertiary/aromatic N) is 1. The van der Waals surface area contributed by atoms with E-state index in [-0.39, 0.29) is 23.1 Å². The van der Waals surface area contributed by atoms with Crippen LogP contribution in [0.4, 0.5) is 5.69 Å². The Hall–Kier alpha value is -2.04. The van der Waals surface area contributed by atoms with Gasteiger partial charge in [-0.3, -0.25) is 4.79 Å². The van der Waals surface area contributed by atoms with Gasteiger partial charge in [-0.2, -0.15) is 0 Å². The molecule has 1 aliphatic rings. The lowest BCUT2D eigenvalue weighted by molar-refractivity contribution is -0.124. The molecule has 1 amide bonds. The third kappa shape index (κ3) is 3.54. The molecule has 4 N–H and O–H groups in total. The van der Waals surface area contributed by atoms with Gasteiger partial charge in [-0.25, -0.2) is 0 Å². The molecular formula is C16H23N3O2. The van der Waals surface area contributed by atoms with Crippen molar-refractivity contribution in [2.24, 2.45) is 22.2 Å². The molecule has 1 saturated carbocycles. The molecule has 1 aromatic carbocycles. The maximum atomic E-state index is 12.5. The van der Waals surface area contributed by atoms with Crippen LogP contribution in [-0.2, 0) is 4.79 Å². The van der Waals surface area contributed by atoms with Crippen molar-refractivity contribution in [2.45, 2.75) is 39.5 Å². The van der Waals surface area contributed by atoms with Crippen molar-refractivity contribution in [3.8, 4) is 0 Å². The minimum Gasteiger partial charge on any atom is -0.409 e. The highest BCUT2D eigenvalue weighted by molar-refractivity contribution is 5.99.